The molecule has 1 aliphatic rings. The number of rotatable bonds is 7. The van der Waals surface area contributed by atoms with Gasteiger partial charge in [0.15, 0.2) is 0 Å². The molecule has 1 atom stereocenters. The second-order valence-corrected chi connectivity index (χ2v) is 7.85. The van der Waals surface area contributed by atoms with E-state index in [1.54, 1.807) is 18.1 Å². The molecule has 1 aliphatic heterocycles. The fourth-order valence-electron chi connectivity index (χ4n) is 4.08. The highest BCUT2D eigenvalue weighted by Crippen LogP contribution is 2.28. The van der Waals surface area contributed by atoms with E-state index >= 15 is 0 Å². The fraction of sp³-hybridized carbons (Fsp3) is 0.280. The Morgan fingerprint density at radius 2 is 1.85 bits per heavy atom. The summed E-state index contributed by atoms with van der Waals surface area (Å²) in [7, 11) is 1.64. The third-order valence-electron chi connectivity index (χ3n) is 5.85. The summed E-state index contributed by atoms with van der Waals surface area (Å²) in [5.74, 6) is 0.0751. The Morgan fingerprint density at radius 3 is 2.61 bits per heavy atom. The number of methoxy groups -OCH3 is 1. The van der Waals surface area contributed by atoms with Gasteiger partial charge in [-0.15, -0.1) is 0 Å². The van der Waals surface area contributed by atoms with Crippen LogP contribution in [0, 0.1) is 0 Å². The number of H-pyrrole nitrogens is 1. The summed E-state index contributed by atoms with van der Waals surface area (Å²) in [6.45, 7) is 1.80. The number of piperazine rings is 1. The van der Waals surface area contributed by atoms with Crippen LogP contribution in [0.15, 0.2) is 60.8 Å². The first-order chi connectivity index (χ1) is 16.1. The summed E-state index contributed by atoms with van der Waals surface area (Å²) in [6, 6.07) is 14.6. The van der Waals surface area contributed by atoms with Crippen molar-refractivity contribution in [3.8, 4) is 5.75 Å². The van der Waals surface area contributed by atoms with Crippen LogP contribution in [-0.2, 0) is 9.59 Å². The Bertz CT molecular complexity index is 1150. The van der Waals surface area contributed by atoms with Crippen molar-refractivity contribution < 1.29 is 19.4 Å². The molecule has 0 bridgehead atoms. The van der Waals surface area contributed by atoms with Crippen LogP contribution >= 0.6 is 0 Å². The molecule has 0 aliphatic carbocycles. The second kappa shape index (κ2) is 10.2. The van der Waals surface area contributed by atoms with Gasteiger partial charge in [-0.05, 0) is 29.8 Å². The molecule has 3 aromatic rings. The van der Waals surface area contributed by atoms with Crippen molar-refractivity contribution in [3.05, 3.63) is 66.4 Å². The number of nitrogens with zero attached hydrogens (tertiary/aromatic N) is 2. The van der Waals surface area contributed by atoms with Gasteiger partial charge in [0.05, 0.1) is 19.4 Å². The van der Waals surface area contributed by atoms with Crippen molar-refractivity contribution in [1.29, 1.82) is 0 Å². The molecule has 0 unspecified atom stereocenters. The zero-order chi connectivity index (χ0) is 23.2. The molecule has 1 aromatic heterocycles. The minimum Gasteiger partial charge on any atom is -0.495 e. The van der Waals surface area contributed by atoms with Crippen LogP contribution in [0.4, 0.5) is 5.69 Å². The van der Waals surface area contributed by atoms with E-state index in [0.29, 0.717) is 26.2 Å². The third-order valence-corrected chi connectivity index (χ3v) is 5.85. The first kappa shape index (κ1) is 22.4. The van der Waals surface area contributed by atoms with E-state index in [-0.39, 0.29) is 5.91 Å². The summed E-state index contributed by atoms with van der Waals surface area (Å²) in [6.07, 6.45) is 4.90. The average Bonchev–Trinajstić information content (AvgIpc) is 3.29. The lowest BCUT2D eigenvalue weighted by molar-refractivity contribution is -0.137. The highest BCUT2D eigenvalue weighted by Gasteiger charge is 2.28. The number of hydrogen-bond acceptors (Lipinski definition) is 5. The molecular formula is C25H28N4O4. The maximum Gasteiger partial charge on any atom is 0.247 e. The minimum absolute atomic E-state index is 0.286. The number of aromatic amines is 1. The van der Waals surface area contributed by atoms with Crippen LogP contribution in [0.5, 0.6) is 5.75 Å². The van der Waals surface area contributed by atoms with Crippen molar-refractivity contribution >= 4 is 34.5 Å². The first-order valence-electron chi connectivity index (χ1n) is 10.9. The van der Waals surface area contributed by atoms with Crippen LogP contribution in [0.3, 0.4) is 0 Å². The maximum absolute atomic E-state index is 12.9. The summed E-state index contributed by atoms with van der Waals surface area (Å²) >= 11 is 0. The molecule has 2 heterocycles. The van der Waals surface area contributed by atoms with Gasteiger partial charge in [0, 0.05) is 49.4 Å². The van der Waals surface area contributed by atoms with E-state index in [4.69, 9.17) is 4.74 Å². The number of aromatic nitrogens is 1. The SMILES string of the molecule is COc1ccccc1N1CCN(C(=O)[C@H](CO)NC(=O)C=Cc2c[nH]c3ccccc23)CC1. The number of carbonyl (C=O) groups excluding carboxylic acids is 2. The van der Waals surface area contributed by atoms with Crippen LogP contribution in [0.2, 0.25) is 0 Å². The van der Waals surface area contributed by atoms with Gasteiger partial charge in [-0.25, -0.2) is 0 Å². The third kappa shape index (κ3) is 5.01. The molecule has 2 amide bonds. The van der Waals surface area contributed by atoms with Crippen LogP contribution < -0.4 is 15.0 Å². The van der Waals surface area contributed by atoms with Crippen molar-refractivity contribution in [3.63, 3.8) is 0 Å². The van der Waals surface area contributed by atoms with Gasteiger partial charge < -0.3 is 29.9 Å². The molecule has 8 heteroatoms. The number of carbonyl (C=O) groups is 2. The Balaban J connectivity index is 1.34. The highest BCUT2D eigenvalue weighted by atomic mass is 16.5. The lowest BCUT2D eigenvalue weighted by Gasteiger charge is -2.37. The summed E-state index contributed by atoms with van der Waals surface area (Å²) in [5.41, 5.74) is 2.84. The van der Waals surface area contributed by atoms with Gasteiger partial charge in [-0.1, -0.05) is 30.3 Å². The molecule has 2 aromatic carbocycles. The normalized spacial score (nSPS) is 15.1. The Labute approximate surface area is 192 Å². The Kier molecular flexibility index (Phi) is 6.95. The number of nitrogens with one attached hydrogen (secondary N) is 2. The number of aliphatic hydroxyl groups is 1. The molecule has 0 spiro atoms. The largest absolute Gasteiger partial charge is 0.495 e. The van der Waals surface area contributed by atoms with E-state index in [1.165, 1.54) is 6.08 Å². The van der Waals surface area contributed by atoms with Crippen LogP contribution in [0.1, 0.15) is 5.56 Å². The molecule has 0 saturated carbocycles. The van der Waals surface area contributed by atoms with E-state index in [1.807, 2.05) is 54.7 Å². The zero-order valence-electron chi connectivity index (χ0n) is 18.5. The Hall–Kier alpha value is -3.78. The molecule has 1 fully saturated rings. The van der Waals surface area contributed by atoms with Crippen molar-refractivity contribution in [2.75, 3.05) is 44.8 Å². The molecular weight excluding hydrogens is 420 g/mol. The van der Waals surface area contributed by atoms with Gasteiger partial charge >= 0.3 is 0 Å². The van der Waals surface area contributed by atoms with Crippen molar-refractivity contribution in [2.24, 2.45) is 0 Å². The predicted molar refractivity (Wildman–Crippen MR) is 128 cm³/mol. The standard InChI is InChI=1S/C25H28N4O4/c1-33-23-9-5-4-8-22(23)28-12-14-29(15-13-28)25(32)21(17-30)27-24(31)11-10-18-16-26-20-7-3-2-6-19(18)20/h2-11,16,21,26,30H,12-15,17H2,1H3,(H,27,31)/t21-/m0/s1. The molecule has 172 valence electrons. The Morgan fingerprint density at radius 1 is 1.12 bits per heavy atom. The average molecular weight is 449 g/mol. The smallest absolute Gasteiger partial charge is 0.247 e. The molecule has 8 nitrogen and oxygen atoms in total. The molecule has 0 radical (unpaired) electrons. The van der Waals surface area contributed by atoms with Gasteiger partial charge in [-0.3, -0.25) is 9.59 Å². The number of benzene rings is 2. The number of aliphatic hydroxyl groups excluding tert-OH is 1. The number of amides is 2. The van der Waals surface area contributed by atoms with Crippen LogP contribution in [-0.4, -0.2) is 72.7 Å². The van der Waals surface area contributed by atoms with Crippen molar-refractivity contribution in [2.45, 2.75) is 6.04 Å². The molecule has 33 heavy (non-hydrogen) atoms. The lowest BCUT2D eigenvalue weighted by Crippen LogP contribution is -2.56. The van der Waals surface area contributed by atoms with Crippen molar-refractivity contribution in [1.82, 2.24) is 15.2 Å². The number of fused-ring (bicyclic) bond motifs is 1. The summed E-state index contributed by atoms with van der Waals surface area (Å²) in [5, 5.41) is 13.4. The minimum atomic E-state index is -0.983. The molecule has 4 rings (SSSR count). The van der Waals surface area contributed by atoms with E-state index in [9.17, 15) is 14.7 Å². The first-order valence-corrected chi connectivity index (χ1v) is 10.9. The molecule has 3 N–H and O–H groups in total. The number of ether oxygens (including phenoxy) is 1. The predicted octanol–water partition coefficient (Wildman–Crippen LogP) is 2.02. The highest BCUT2D eigenvalue weighted by molar-refractivity contribution is 5.98. The molecule has 1 saturated heterocycles. The second-order valence-electron chi connectivity index (χ2n) is 7.85. The zero-order valence-corrected chi connectivity index (χ0v) is 18.5. The lowest BCUT2D eigenvalue weighted by atomic mass is 10.1. The topological polar surface area (TPSA) is 97.9 Å². The summed E-state index contributed by atoms with van der Waals surface area (Å²) < 4.78 is 5.43. The monoisotopic (exact) mass is 448 g/mol. The number of hydrogen-bond donors (Lipinski definition) is 3. The van der Waals surface area contributed by atoms with E-state index < -0.39 is 18.6 Å². The number of anilines is 1. The summed E-state index contributed by atoms with van der Waals surface area (Å²) in [4.78, 5) is 32.3. The van der Waals surface area contributed by atoms with Gasteiger partial charge in [-0.2, -0.15) is 0 Å². The fourth-order valence-corrected chi connectivity index (χ4v) is 4.08. The van der Waals surface area contributed by atoms with Gasteiger partial charge in [0.2, 0.25) is 11.8 Å². The van der Waals surface area contributed by atoms with E-state index in [0.717, 1.165) is 27.9 Å². The van der Waals surface area contributed by atoms with E-state index in [2.05, 4.69) is 15.2 Å². The van der Waals surface area contributed by atoms with Gasteiger partial charge in [0.25, 0.3) is 0 Å². The number of para-hydroxylation sites is 3. The quantitative estimate of drug-likeness (QED) is 0.481. The maximum atomic E-state index is 12.9. The van der Waals surface area contributed by atoms with Crippen LogP contribution in [0.25, 0.3) is 17.0 Å². The van der Waals surface area contributed by atoms with Gasteiger partial charge in [0.1, 0.15) is 11.8 Å².